The molecular weight excluding hydrogens is 262 g/mol. The average Bonchev–Trinajstić information content (AvgIpc) is 2.27. The highest BCUT2D eigenvalue weighted by Crippen LogP contribution is 2.14. The molecule has 0 bridgehead atoms. The van der Waals surface area contributed by atoms with E-state index in [1.54, 1.807) is 13.8 Å². The average molecular weight is 274 g/mol. The molecule has 1 rings (SSSR count). The van der Waals surface area contributed by atoms with Gasteiger partial charge in [0.05, 0.1) is 11.5 Å². The Hall–Kier alpha value is -1.16. The molecular formula is C10H12ClN3O2S. The fourth-order valence-electron chi connectivity index (χ4n) is 0.920. The summed E-state index contributed by atoms with van der Waals surface area (Å²) in [5, 5.41) is 9.01. The molecule has 1 aromatic heterocycles. The van der Waals surface area contributed by atoms with Crippen LogP contribution in [0.3, 0.4) is 0 Å². The Bertz CT molecular complexity index is 532. The van der Waals surface area contributed by atoms with E-state index in [2.05, 4.69) is 9.71 Å². The van der Waals surface area contributed by atoms with Crippen molar-refractivity contribution in [1.29, 1.82) is 5.26 Å². The molecule has 0 spiro atoms. The SMILES string of the molecule is CC(C)(C#N)CNS(=O)(=O)c1ccc(Cl)nc1. The zero-order chi connectivity index (χ0) is 13.1. The molecule has 0 unspecified atom stereocenters. The normalized spacial score (nSPS) is 12.1. The first kappa shape index (κ1) is 13.9. The molecule has 5 nitrogen and oxygen atoms in total. The van der Waals surface area contributed by atoms with Gasteiger partial charge in [-0.25, -0.2) is 18.1 Å². The van der Waals surface area contributed by atoms with Crippen LogP contribution in [-0.2, 0) is 10.0 Å². The largest absolute Gasteiger partial charge is 0.243 e. The van der Waals surface area contributed by atoms with E-state index in [-0.39, 0.29) is 16.6 Å². The summed E-state index contributed by atoms with van der Waals surface area (Å²) in [5.41, 5.74) is -0.757. The molecule has 1 aromatic rings. The molecule has 1 heterocycles. The minimum absolute atomic E-state index is 0.0237. The first-order valence-electron chi connectivity index (χ1n) is 4.79. The second kappa shape index (κ2) is 5.00. The van der Waals surface area contributed by atoms with Gasteiger partial charge >= 0.3 is 0 Å². The highest BCUT2D eigenvalue weighted by molar-refractivity contribution is 7.89. The van der Waals surface area contributed by atoms with Crippen LogP contribution in [0.4, 0.5) is 0 Å². The maximum Gasteiger partial charge on any atom is 0.242 e. The molecule has 1 N–H and O–H groups in total. The maximum absolute atomic E-state index is 11.8. The molecule has 7 heteroatoms. The molecule has 0 atom stereocenters. The maximum atomic E-state index is 11.8. The summed E-state index contributed by atoms with van der Waals surface area (Å²) in [7, 11) is -3.64. The quantitative estimate of drug-likeness (QED) is 0.844. The number of aromatic nitrogens is 1. The zero-order valence-corrected chi connectivity index (χ0v) is 11.0. The van der Waals surface area contributed by atoms with Gasteiger partial charge in [0.25, 0.3) is 0 Å². The Morgan fingerprint density at radius 2 is 2.18 bits per heavy atom. The third-order valence-corrected chi connectivity index (χ3v) is 3.63. The Morgan fingerprint density at radius 1 is 1.53 bits per heavy atom. The van der Waals surface area contributed by atoms with Gasteiger partial charge in [-0.2, -0.15) is 5.26 Å². The number of hydrogen-bond acceptors (Lipinski definition) is 4. The molecule has 0 radical (unpaired) electrons. The Morgan fingerprint density at radius 3 is 2.65 bits per heavy atom. The first-order chi connectivity index (χ1) is 7.77. The Balaban J connectivity index is 2.84. The summed E-state index contributed by atoms with van der Waals surface area (Å²) < 4.78 is 26.0. The van der Waals surface area contributed by atoms with E-state index < -0.39 is 15.4 Å². The van der Waals surface area contributed by atoms with Crippen LogP contribution in [0.15, 0.2) is 23.2 Å². The summed E-state index contributed by atoms with van der Waals surface area (Å²) in [6, 6.07) is 4.76. The predicted octanol–water partition coefficient (Wildman–Crippen LogP) is 1.56. The van der Waals surface area contributed by atoms with E-state index in [0.717, 1.165) is 0 Å². The number of halogens is 1. The highest BCUT2D eigenvalue weighted by Gasteiger charge is 2.21. The van der Waals surface area contributed by atoms with E-state index in [0.29, 0.717) is 0 Å². The van der Waals surface area contributed by atoms with E-state index >= 15 is 0 Å². The van der Waals surface area contributed by atoms with E-state index in [1.165, 1.54) is 18.3 Å². The minimum atomic E-state index is -3.64. The van der Waals surface area contributed by atoms with Gasteiger partial charge in [-0.05, 0) is 26.0 Å². The smallest absolute Gasteiger partial charge is 0.242 e. The molecule has 92 valence electrons. The molecule has 0 amide bonds. The summed E-state index contributed by atoms with van der Waals surface area (Å²) in [5.74, 6) is 0. The molecule has 0 aliphatic heterocycles. The van der Waals surface area contributed by atoms with Crippen LogP contribution < -0.4 is 4.72 Å². The summed E-state index contributed by atoms with van der Waals surface area (Å²) in [6.07, 6.45) is 1.17. The summed E-state index contributed by atoms with van der Waals surface area (Å²) >= 11 is 5.56. The number of pyridine rings is 1. The van der Waals surface area contributed by atoms with Crippen molar-refractivity contribution < 1.29 is 8.42 Å². The Kier molecular flexibility index (Phi) is 4.09. The van der Waals surface area contributed by atoms with Gasteiger partial charge in [0.1, 0.15) is 10.0 Å². The van der Waals surface area contributed by atoms with Crippen molar-refractivity contribution >= 4 is 21.6 Å². The summed E-state index contributed by atoms with van der Waals surface area (Å²) in [4.78, 5) is 3.71. The van der Waals surface area contributed by atoms with Crippen LogP contribution >= 0.6 is 11.6 Å². The van der Waals surface area contributed by atoms with Crippen molar-refractivity contribution in [2.45, 2.75) is 18.7 Å². The van der Waals surface area contributed by atoms with E-state index in [1.807, 2.05) is 6.07 Å². The van der Waals surface area contributed by atoms with Crippen molar-refractivity contribution in [1.82, 2.24) is 9.71 Å². The van der Waals surface area contributed by atoms with Crippen LogP contribution in [0, 0.1) is 16.7 Å². The Labute approximate surface area is 105 Å². The summed E-state index contributed by atoms with van der Waals surface area (Å²) in [6.45, 7) is 3.33. The van der Waals surface area contributed by atoms with Crippen molar-refractivity contribution in [2.24, 2.45) is 5.41 Å². The molecule has 0 saturated heterocycles. The molecule has 0 aliphatic carbocycles. The standard InChI is InChI=1S/C10H12ClN3O2S/c1-10(2,6-12)7-14-17(15,16)8-3-4-9(11)13-5-8/h3-5,14H,7H2,1-2H3. The fraction of sp³-hybridized carbons (Fsp3) is 0.400. The van der Waals surface area contributed by atoms with Crippen LogP contribution in [0.5, 0.6) is 0 Å². The molecule has 0 aromatic carbocycles. The van der Waals surface area contributed by atoms with Gasteiger partial charge in [0, 0.05) is 12.7 Å². The lowest BCUT2D eigenvalue weighted by atomic mass is 9.97. The highest BCUT2D eigenvalue weighted by atomic mass is 35.5. The first-order valence-corrected chi connectivity index (χ1v) is 6.65. The third kappa shape index (κ3) is 3.97. The topological polar surface area (TPSA) is 82.9 Å². The number of nitrogens with one attached hydrogen (secondary N) is 1. The van der Waals surface area contributed by atoms with Gasteiger partial charge in [0.15, 0.2) is 0 Å². The van der Waals surface area contributed by atoms with Gasteiger partial charge < -0.3 is 0 Å². The molecule has 0 aliphatic rings. The minimum Gasteiger partial charge on any atom is -0.243 e. The van der Waals surface area contributed by atoms with Crippen molar-refractivity contribution in [3.8, 4) is 6.07 Å². The van der Waals surface area contributed by atoms with Crippen molar-refractivity contribution in [3.05, 3.63) is 23.5 Å². The number of nitrogens with zero attached hydrogens (tertiary/aromatic N) is 2. The van der Waals surface area contributed by atoms with Gasteiger partial charge in [0.2, 0.25) is 10.0 Å². The second-order valence-electron chi connectivity index (χ2n) is 4.14. The van der Waals surface area contributed by atoms with E-state index in [4.69, 9.17) is 16.9 Å². The van der Waals surface area contributed by atoms with Crippen LogP contribution in [0.2, 0.25) is 5.15 Å². The zero-order valence-electron chi connectivity index (χ0n) is 9.44. The molecule has 0 fully saturated rings. The molecule has 17 heavy (non-hydrogen) atoms. The number of hydrogen-bond donors (Lipinski definition) is 1. The van der Waals surface area contributed by atoms with Crippen LogP contribution in [0.1, 0.15) is 13.8 Å². The lowest BCUT2D eigenvalue weighted by Crippen LogP contribution is -2.33. The van der Waals surface area contributed by atoms with Crippen LogP contribution in [0.25, 0.3) is 0 Å². The monoisotopic (exact) mass is 273 g/mol. The van der Waals surface area contributed by atoms with Gasteiger partial charge in [-0.3, -0.25) is 0 Å². The van der Waals surface area contributed by atoms with Crippen molar-refractivity contribution in [3.63, 3.8) is 0 Å². The predicted molar refractivity (Wildman–Crippen MR) is 63.8 cm³/mol. The lowest BCUT2D eigenvalue weighted by Gasteiger charge is -2.15. The van der Waals surface area contributed by atoms with Gasteiger partial charge in [-0.1, -0.05) is 11.6 Å². The third-order valence-electron chi connectivity index (χ3n) is 2.02. The fourth-order valence-corrected chi connectivity index (χ4v) is 2.19. The number of rotatable bonds is 4. The van der Waals surface area contributed by atoms with Crippen LogP contribution in [-0.4, -0.2) is 19.9 Å². The van der Waals surface area contributed by atoms with Gasteiger partial charge in [-0.15, -0.1) is 0 Å². The molecule has 0 saturated carbocycles. The number of sulfonamides is 1. The van der Waals surface area contributed by atoms with E-state index in [9.17, 15) is 8.42 Å². The lowest BCUT2D eigenvalue weighted by molar-refractivity contribution is 0.478. The number of nitriles is 1. The second-order valence-corrected chi connectivity index (χ2v) is 6.29. The van der Waals surface area contributed by atoms with Crippen molar-refractivity contribution in [2.75, 3.05) is 6.54 Å².